The van der Waals surface area contributed by atoms with Crippen LogP contribution in [0, 0.1) is 6.92 Å². The summed E-state index contributed by atoms with van der Waals surface area (Å²) in [6, 6.07) is 1.82. The zero-order chi connectivity index (χ0) is 10.8. The molecule has 1 aromatic rings. The van der Waals surface area contributed by atoms with E-state index < -0.39 is 0 Å². The second-order valence-electron chi connectivity index (χ2n) is 3.28. The van der Waals surface area contributed by atoms with Gasteiger partial charge in [0.05, 0.1) is 7.11 Å². The van der Waals surface area contributed by atoms with Crippen molar-refractivity contribution in [1.29, 1.82) is 0 Å². The molecule has 0 aliphatic carbocycles. The molecule has 15 heavy (non-hydrogen) atoms. The third-order valence-corrected chi connectivity index (χ3v) is 2.33. The fourth-order valence-electron chi connectivity index (χ4n) is 1.71. The number of fused-ring (bicyclic) bond motifs is 1. The van der Waals surface area contributed by atoms with Gasteiger partial charge in [-0.25, -0.2) is 0 Å². The standard InChI is InChI=1S/C11H12O4/c1-7-5-9-11(15-4-3-14-9)8(6-12)10(7)13-2/h5-6H,3-4H2,1-2H3. The Labute approximate surface area is 87.8 Å². The highest BCUT2D eigenvalue weighted by Gasteiger charge is 2.21. The fraction of sp³-hybridized carbons (Fsp3) is 0.364. The van der Waals surface area contributed by atoms with Gasteiger partial charge in [0.15, 0.2) is 17.8 Å². The van der Waals surface area contributed by atoms with Crippen molar-refractivity contribution >= 4 is 6.29 Å². The molecule has 0 amide bonds. The molecule has 0 saturated heterocycles. The van der Waals surface area contributed by atoms with Gasteiger partial charge in [0, 0.05) is 0 Å². The van der Waals surface area contributed by atoms with Crippen molar-refractivity contribution in [2.24, 2.45) is 0 Å². The summed E-state index contributed by atoms with van der Waals surface area (Å²) in [4.78, 5) is 11.0. The molecule has 0 fully saturated rings. The number of methoxy groups -OCH3 is 1. The maximum absolute atomic E-state index is 11.0. The van der Waals surface area contributed by atoms with Gasteiger partial charge < -0.3 is 14.2 Å². The quantitative estimate of drug-likeness (QED) is 0.692. The molecule has 1 aliphatic heterocycles. The Morgan fingerprint density at radius 3 is 2.80 bits per heavy atom. The van der Waals surface area contributed by atoms with Crippen molar-refractivity contribution in [3.8, 4) is 17.2 Å². The Morgan fingerprint density at radius 2 is 2.13 bits per heavy atom. The number of carbonyl (C=O) groups is 1. The predicted molar refractivity (Wildman–Crippen MR) is 54.1 cm³/mol. The van der Waals surface area contributed by atoms with Gasteiger partial charge in [0.2, 0.25) is 0 Å². The lowest BCUT2D eigenvalue weighted by Gasteiger charge is -2.22. The molecule has 0 spiro atoms. The van der Waals surface area contributed by atoms with Crippen LogP contribution < -0.4 is 14.2 Å². The number of rotatable bonds is 2. The van der Waals surface area contributed by atoms with E-state index >= 15 is 0 Å². The van der Waals surface area contributed by atoms with E-state index in [0.717, 1.165) is 11.8 Å². The summed E-state index contributed by atoms with van der Waals surface area (Å²) in [7, 11) is 1.53. The van der Waals surface area contributed by atoms with Gasteiger partial charge in [-0.2, -0.15) is 0 Å². The van der Waals surface area contributed by atoms with Crippen LogP contribution >= 0.6 is 0 Å². The Balaban J connectivity index is 2.64. The smallest absolute Gasteiger partial charge is 0.175 e. The number of hydrogen-bond donors (Lipinski definition) is 0. The molecule has 4 nitrogen and oxygen atoms in total. The monoisotopic (exact) mass is 208 g/mol. The highest BCUT2D eigenvalue weighted by molar-refractivity contribution is 5.86. The largest absolute Gasteiger partial charge is 0.496 e. The Hall–Kier alpha value is -1.71. The van der Waals surface area contributed by atoms with Crippen LogP contribution in [0.25, 0.3) is 0 Å². The van der Waals surface area contributed by atoms with Gasteiger partial charge in [-0.05, 0) is 18.6 Å². The van der Waals surface area contributed by atoms with E-state index in [1.165, 1.54) is 7.11 Å². The maximum Gasteiger partial charge on any atom is 0.175 e. The molecule has 0 aromatic heterocycles. The molecule has 0 bridgehead atoms. The average Bonchev–Trinajstić information content (AvgIpc) is 2.27. The van der Waals surface area contributed by atoms with Crippen LogP contribution in [0.1, 0.15) is 15.9 Å². The summed E-state index contributed by atoms with van der Waals surface area (Å²) in [5.74, 6) is 1.65. The first-order valence-corrected chi connectivity index (χ1v) is 4.70. The number of carbonyl (C=O) groups excluding carboxylic acids is 1. The second-order valence-corrected chi connectivity index (χ2v) is 3.28. The molecule has 1 aliphatic rings. The molecular formula is C11H12O4. The molecule has 1 aromatic carbocycles. The van der Waals surface area contributed by atoms with Gasteiger partial charge in [0.25, 0.3) is 0 Å². The van der Waals surface area contributed by atoms with Crippen molar-refractivity contribution in [1.82, 2.24) is 0 Å². The van der Waals surface area contributed by atoms with Crippen LogP contribution in [0.15, 0.2) is 6.07 Å². The number of benzene rings is 1. The summed E-state index contributed by atoms with van der Waals surface area (Å²) in [5, 5.41) is 0. The lowest BCUT2D eigenvalue weighted by Crippen LogP contribution is -2.17. The lowest BCUT2D eigenvalue weighted by atomic mass is 10.1. The topological polar surface area (TPSA) is 44.8 Å². The van der Waals surface area contributed by atoms with E-state index in [9.17, 15) is 4.79 Å². The SMILES string of the molecule is COc1c(C)cc2c(c1C=O)OCCO2. The number of aldehydes is 1. The van der Waals surface area contributed by atoms with Gasteiger partial charge >= 0.3 is 0 Å². The van der Waals surface area contributed by atoms with E-state index in [1.807, 2.05) is 13.0 Å². The minimum Gasteiger partial charge on any atom is -0.496 e. The van der Waals surface area contributed by atoms with Gasteiger partial charge in [-0.1, -0.05) is 0 Å². The van der Waals surface area contributed by atoms with Crippen LogP contribution in [0.4, 0.5) is 0 Å². The first-order chi connectivity index (χ1) is 7.27. The zero-order valence-corrected chi connectivity index (χ0v) is 8.70. The summed E-state index contributed by atoms with van der Waals surface area (Å²) in [6.07, 6.45) is 0.735. The third kappa shape index (κ3) is 1.52. The lowest BCUT2D eigenvalue weighted by molar-refractivity contribution is 0.110. The highest BCUT2D eigenvalue weighted by Crippen LogP contribution is 2.40. The highest BCUT2D eigenvalue weighted by atomic mass is 16.6. The summed E-state index contributed by atoms with van der Waals surface area (Å²) in [6.45, 7) is 2.83. The first kappa shape index (κ1) is 9.83. The third-order valence-electron chi connectivity index (χ3n) is 2.33. The maximum atomic E-state index is 11.0. The van der Waals surface area contributed by atoms with Crippen molar-refractivity contribution in [2.75, 3.05) is 20.3 Å². The van der Waals surface area contributed by atoms with Crippen molar-refractivity contribution < 1.29 is 19.0 Å². The molecule has 0 radical (unpaired) electrons. The minimum absolute atomic E-state index is 0.423. The molecule has 0 N–H and O–H groups in total. The zero-order valence-electron chi connectivity index (χ0n) is 8.70. The second kappa shape index (κ2) is 3.81. The van der Waals surface area contributed by atoms with Crippen LogP contribution in [0.5, 0.6) is 17.2 Å². The average molecular weight is 208 g/mol. The molecule has 0 saturated carbocycles. The van der Waals surface area contributed by atoms with Gasteiger partial charge in [-0.3, -0.25) is 4.79 Å². The minimum atomic E-state index is 0.423. The van der Waals surface area contributed by atoms with Crippen molar-refractivity contribution in [2.45, 2.75) is 6.92 Å². The molecule has 1 heterocycles. The van der Waals surface area contributed by atoms with E-state index in [0.29, 0.717) is 36.0 Å². The van der Waals surface area contributed by atoms with Gasteiger partial charge in [-0.15, -0.1) is 0 Å². The Morgan fingerprint density at radius 1 is 1.40 bits per heavy atom. The Kier molecular flexibility index (Phi) is 2.49. The Bertz CT molecular complexity index is 398. The molecule has 2 rings (SSSR count). The van der Waals surface area contributed by atoms with E-state index in [2.05, 4.69) is 0 Å². The first-order valence-electron chi connectivity index (χ1n) is 4.70. The number of hydrogen-bond acceptors (Lipinski definition) is 4. The van der Waals surface area contributed by atoms with Crippen molar-refractivity contribution in [3.63, 3.8) is 0 Å². The van der Waals surface area contributed by atoms with Crippen LogP contribution in [0.2, 0.25) is 0 Å². The van der Waals surface area contributed by atoms with Crippen molar-refractivity contribution in [3.05, 3.63) is 17.2 Å². The molecule has 80 valence electrons. The molecule has 0 atom stereocenters. The van der Waals surface area contributed by atoms with Crippen LogP contribution in [-0.2, 0) is 0 Å². The van der Waals surface area contributed by atoms with Gasteiger partial charge in [0.1, 0.15) is 24.5 Å². The predicted octanol–water partition coefficient (Wildman–Crippen LogP) is 1.59. The van der Waals surface area contributed by atoms with E-state index in [1.54, 1.807) is 0 Å². The number of aryl methyl sites for hydroxylation is 1. The summed E-state index contributed by atoms with van der Waals surface area (Å²) >= 11 is 0. The number of ether oxygens (including phenoxy) is 3. The summed E-state index contributed by atoms with van der Waals surface area (Å²) in [5.41, 5.74) is 1.29. The normalized spacial score (nSPS) is 13.5. The van der Waals surface area contributed by atoms with E-state index in [4.69, 9.17) is 14.2 Å². The van der Waals surface area contributed by atoms with E-state index in [-0.39, 0.29) is 0 Å². The molecular weight excluding hydrogens is 196 g/mol. The van der Waals surface area contributed by atoms with Crippen LogP contribution in [0.3, 0.4) is 0 Å². The molecule has 4 heteroatoms. The summed E-state index contributed by atoms with van der Waals surface area (Å²) < 4.78 is 16.0. The fourth-order valence-corrected chi connectivity index (χ4v) is 1.71. The molecule has 0 unspecified atom stereocenters. The van der Waals surface area contributed by atoms with Crippen LogP contribution in [-0.4, -0.2) is 26.6 Å².